The summed E-state index contributed by atoms with van der Waals surface area (Å²) >= 11 is 0. The minimum Gasteiger partial charge on any atom is -0.408 e. The maximum atomic E-state index is 5.53. The highest BCUT2D eigenvalue weighted by Crippen LogP contribution is 2.26. The largest absolute Gasteiger partial charge is 0.408 e. The maximum Gasteiger partial charge on any atom is 0.318 e. The number of aromatic nitrogens is 2. The third-order valence-corrected chi connectivity index (χ3v) is 3.62. The van der Waals surface area contributed by atoms with Crippen LogP contribution in [0.2, 0.25) is 0 Å². The quantitative estimate of drug-likeness (QED) is 0.823. The van der Waals surface area contributed by atoms with Crippen LogP contribution in [-0.2, 0) is 0 Å². The number of rotatable bonds is 2. The normalized spacial score (nSPS) is 20.7. The van der Waals surface area contributed by atoms with Crippen LogP contribution in [0.5, 0.6) is 0 Å². The molecule has 0 N–H and O–H groups in total. The van der Waals surface area contributed by atoms with Gasteiger partial charge in [-0.15, -0.1) is 5.10 Å². The number of nitrogens with zero attached hydrogens (tertiary/aromatic N) is 4. The molecule has 1 aromatic heterocycles. The highest BCUT2D eigenvalue weighted by atomic mass is 16.4. The van der Waals surface area contributed by atoms with Crippen LogP contribution in [-0.4, -0.2) is 41.8 Å². The van der Waals surface area contributed by atoms with Crippen molar-refractivity contribution in [3.63, 3.8) is 0 Å². The molecule has 1 atom stereocenters. The molecule has 2 aromatic rings. The van der Waals surface area contributed by atoms with Crippen LogP contribution in [0.15, 0.2) is 34.7 Å². The van der Waals surface area contributed by atoms with Crippen LogP contribution in [0, 0.1) is 6.92 Å². The summed E-state index contributed by atoms with van der Waals surface area (Å²) in [6.07, 6.45) is 0. The van der Waals surface area contributed by atoms with E-state index in [0.29, 0.717) is 17.9 Å². The molecule has 1 aromatic carbocycles. The number of aryl methyl sites for hydroxylation is 1. The molecule has 1 saturated heterocycles. The summed E-state index contributed by atoms with van der Waals surface area (Å²) < 4.78 is 5.53. The molecule has 0 spiro atoms. The number of hydrogen-bond donors (Lipinski definition) is 0. The van der Waals surface area contributed by atoms with Crippen molar-refractivity contribution < 1.29 is 4.42 Å². The van der Waals surface area contributed by atoms with Gasteiger partial charge in [-0.2, -0.15) is 0 Å². The number of piperazine rings is 1. The van der Waals surface area contributed by atoms with Crippen LogP contribution < -0.4 is 4.90 Å². The molecule has 1 fully saturated rings. The van der Waals surface area contributed by atoms with Gasteiger partial charge >= 0.3 is 6.01 Å². The molecular formula is C14H18N4O. The van der Waals surface area contributed by atoms with E-state index in [1.807, 2.05) is 13.0 Å². The number of hydrogen-bond acceptors (Lipinski definition) is 5. The van der Waals surface area contributed by atoms with Crippen molar-refractivity contribution in [2.24, 2.45) is 0 Å². The van der Waals surface area contributed by atoms with E-state index >= 15 is 0 Å². The molecule has 5 heteroatoms. The fourth-order valence-corrected chi connectivity index (χ4v) is 2.50. The van der Waals surface area contributed by atoms with E-state index in [4.69, 9.17) is 4.42 Å². The first-order valence-corrected chi connectivity index (χ1v) is 6.54. The molecule has 0 saturated carbocycles. The van der Waals surface area contributed by atoms with Crippen molar-refractivity contribution in [1.29, 1.82) is 0 Å². The van der Waals surface area contributed by atoms with Crippen molar-refractivity contribution in [2.45, 2.75) is 13.0 Å². The third kappa shape index (κ3) is 2.46. The lowest BCUT2D eigenvalue weighted by Crippen LogP contribution is -2.46. The summed E-state index contributed by atoms with van der Waals surface area (Å²) in [5, 5.41) is 8.02. The summed E-state index contributed by atoms with van der Waals surface area (Å²) in [4.78, 5) is 4.53. The van der Waals surface area contributed by atoms with Crippen LogP contribution in [0.3, 0.4) is 0 Å². The Morgan fingerprint density at radius 1 is 1.16 bits per heavy atom. The van der Waals surface area contributed by atoms with Crippen LogP contribution in [0.4, 0.5) is 6.01 Å². The Bertz CT molecular complexity index is 539. The molecule has 2 heterocycles. The van der Waals surface area contributed by atoms with Gasteiger partial charge in [-0.25, -0.2) is 0 Å². The van der Waals surface area contributed by atoms with Gasteiger partial charge in [0.15, 0.2) is 0 Å². The molecule has 1 aliphatic rings. The summed E-state index contributed by atoms with van der Waals surface area (Å²) in [6.45, 7) is 4.60. The second-order valence-electron chi connectivity index (χ2n) is 4.96. The lowest BCUT2D eigenvalue weighted by atomic mass is 10.0. The minimum absolute atomic E-state index is 0.363. The summed E-state index contributed by atoms with van der Waals surface area (Å²) in [6, 6.07) is 11.5. The Hall–Kier alpha value is -1.88. The number of anilines is 1. The second kappa shape index (κ2) is 5.01. The van der Waals surface area contributed by atoms with E-state index in [9.17, 15) is 0 Å². The molecule has 19 heavy (non-hydrogen) atoms. The Morgan fingerprint density at radius 2 is 1.95 bits per heavy atom. The van der Waals surface area contributed by atoms with Crippen molar-refractivity contribution in [2.75, 3.05) is 31.6 Å². The summed E-state index contributed by atoms with van der Waals surface area (Å²) in [5.41, 5.74) is 1.32. The van der Waals surface area contributed by atoms with Crippen molar-refractivity contribution in [1.82, 2.24) is 15.1 Å². The van der Waals surface area contributed by atoms with E-state index in [-0.39, 0.29) is 0 Å². The monoisotopic (exact) mass is 258 g/mol. The van der Waals surface area contributed by atoms with Gasteiger partial charge in [-0.3, -0.25) is 4.90 Å². The molecular weight excluding hydrogens is 240 g/mol. The lowest BCUT2D eigenvalue weighted by Gasteiger charge is -2.38. The first-order valence-electron chi connectivity index (χ1n) is 6.54. The Balaban J connectivity index is 1.81. The predicted octanol–water partition coefficient (Wildman–Crippen LogP) is 1.87. The van der Waals surface area contributed by atoms with Crippen molar-refractivity contribution in [3.8, 4) is 0 Å². The van der Waals surface area contributed by atoms with Gasteiger partial charge in [0.05, 0.1) is 6.04 Å². The molecule has 0 radical (unpaired) electrons. The van der Waals surface area contributed by atoms with Gasteiger partial charge in [-0.05, 0) is 12.6 Å². The van der Waals surface area contributed by atoms with E-state index in [2.05, 4.69) is 51.3 Å². The van der Waals surface area contributed by atoms with E-state index in [0.717, 1.165) is 19.6 Å². The zero-order valence-corrected chi connectivity index (χ0v) is 11.3. The first kappa shape index (κ1) is 12.2. The summed E-state index contributed by atoms with van der Waals surface area (Å²) in [5.74, 6) is 0.616. The van der Waals surface area contributed by atoms with Crippen LogP contribution >= 0.6 is 0 Å². The average molecular weight is 258 g/mol. The maximum absolute atomic E-state index is 5.53. The molecule has 3 rings (SSSR count). The van der Waals surface area contributed by atoms with Gasteiger partial charge in [-0.1, -0.05) is 35.4 Å². The molecule has 100 valence electrons. The predicted molar refractivity (Wildman–Crippen MR) is 73.1 cm³/mol. The Labute approximate surface area is 112 Å². The fraction of sp³-hybridized carbons (Fsp3) is 0.429. The van der Waals surface area contributed by atoms with E-state index in [1.54, 1.807) is 0 Å². The van der Waals surface area contributed by atoms with Crippen LogP contribution in [0.25, 0.3) is 0 Å². The highest BCUT2D eigenvalue weighted by Gasteiger charge is 2.27. The van der Waals surface area contributed by atoms with Crippen LogP contribution in [0.1, 0.15) is 17.5 Å². The fourth-order valence-electron chi connectivity index (χ4n) is 2.50. The zero-order chi connectivity index (χ0) is 13.2. The molecule has 0 bridgehead atoms. The number of likely N-dealkylation sites (N-methyl/N-ethyl adjacent to an activating group) is 1. The van der Waals surface area contributed by atoms with Gasteiger partial charge in [0.2, 0.25) is 5.89 Å². The van der Waals surface area contributed by atoms with E-state index in [1.165, 1.54) is 5.56 Å². The van der Waals surface area contributed by atoms with Crippen molar-refractivity contribution in [3.05, 3.63) is 41.8 Å². The Kier molecular flexibility index (Phi) is 3.21. The molecule has 1 unspecified atom stereocenters. The van der Waals surface area contributed by atoms with Crippen molar-refractivity contribution >= 4 is 6.01 Å². The summed E-state index contributed by atoms with van der Waals surface area (Å²) in [7, 11) is 2.16. The van der Waals surface area contributed by atoms with Gasteiger partial charge in [0.25, 0.3) is 0 Å². The topological polar surface area (TPSA) is 45.4 Å². The highest BCUT2D eigenvalue weighted by molar-refractivity contribution is 5.30. The average Bonchev–Trinajstić information content (AvgIpc) is 2.87. The second-order valence-corrected chi connectivity index (χ2v) is 4.96. The molecule has 1 aliphatic heterocycles. The smallest absolute Gasteiger partial charge is 0.318 e. The Morgan fingerprint density at radius 3 is 2.63 bits per heavy atom. The number of benzene rings is 1. The molecule has 0 aliphatic carbocycles. The minimum atomic E-state index is 0.363. The molecule has 5 nitrogen and oxygen atoms in total. The van der Waals surface area contributed by atoms with Gasteiger partial charge < -0.3 is 9.32 Å². The third-order valence-electron chi connectivity index (χ3n) is 3.62. The van der Waals surface area contributed by atoms with Gasteiger partial charge in [0.1, 0.15) is 0 Å². The standard InChI is InChI=1S/C14H18N4O/c1-11-15-16-14(19-11)18-9-8-17(2)13(10-18)12-6-4-3-5-7-12/h3-7,13H,8-10H2,1-2H3. The zero-order valence-electron chi connectivity index (χ0n) is 11.3. The lowest BCUT2D eigenvalue weighted by molar-refractivity contribution is 0.216. The van der Waals surface area contributed by atoms with Gasteiger partial charge in [0, 0.05) is 26.6 Å². The first-order chi connectivity index (χ1) is 9.24. The molecule has 0 amide bonds. The van der Waals surface area contributed by atoms with E-state index < -0.39 is 0 Å². The SMILES string of the molecule is Cc1nnc(N2CCN(C)C(c3ccccc3)C2)o1.